The van der Waals surface area contributed by atoms with Crippen LogP contribution in [0.15, 0.2) is 0 Å². The molecule has 0 aliphatic carbocycles. The molecule has 4 N–H and O–H groups in total. The molecule has 0 aliphatic rings. The molecule has 0 aromatic rings. The normalized spacial score (nSPS) is 12.1. The molecule has 1 atom stereocenters. The van der Waals surface area contributed by atoms with E-state index in [0.29, 0.717) is 6.42 Å². The van der Waals surface area contributed by atoms with E-state index < -0.39 is 25.8 Å². The summed E-state index contributed by atoms with van der Waals surface area (Å²) in [5, 5.41) is 27.3. The average Bonchev–Trinajstić information content (AvgIpc) is 2.22. The van der Waals surface area contributed by atoms with Gasteiger partial charge in [0.1, 0.15) is 0 Å². The predicted molar refractivity (Wildman–Crippen MR) is 85.2 cm³/mol. The largest absolute Gasteiger partial charge is 0.503 e. The molecule has 0 spiro atoms. The van der Waals surface area contributed by atoms with Crippen molar-refractivity contribution in [3.05, 3.63) is 0 Å². The van der Waals surface area contributed by atoms with E-state index in [1.807, 2.05) is 6.92 Å². The van der Waals surface area contributed by atoms with Crippen molar-refractivity contribution in [2.75, 3.05) is 0 Å². The van der Waals surface area contributed by atoms with Crippen LogP contribution in [-0.4, -0.2) is 46.2 Å². The van der Waals surface area contributed by atoms with Crippen LogP contribution < -0.4 is 0 Å². The van der Waals surface area contributed by atoms with Gasteiger partial charge in [0.15, 0.2) is 4.33 Å². The molecule has 12 heteroatoms. The third-order valence-electron chi connectivity index (χ3n) is 1.58. The zero-order chi connectivity index (χ0) is 17.9. The van der Waals surface area contributed by atoms with Crippen LogP contribution >= 0.6 is 69.6 Å². The molecule has 0 saturated carbocycles. The van der Waals surface area contributed by atoms with E-state index in [2.05, 4.69) is 0 Å². The second-order valence-electron chi connectivity index (χ2n) is 3.30. The van der Waals surface area contributed by atoms with E-state index in [1.165, 1.54) is 0 Å². The summed E-state index contributed by atoms with van der Waals surface area (Å²) in [4.78, 5) is 17.1. The van der Waals surface area contributed by atoms with Crippen LogP contribution in [0.2, 0.25) is 0 Å². The first-order chi connectivity index (χ1) is 9.20. The number of carboxylic acid groups (broad SMARTS) is 4. The summed E-state index contributed by atoms with van der Waals surface area (Å²) >= 11 is 34.3. The Kier molecular flexibility index (Phi) is 15.9. The van der Waals surface area contributed by atoms with Gasteiger partial charge in [-0.25, -0.2) is 9.59 Å². The number of unbranched alkanes of at least 4 members (excludes halogenated alkanes) is 1. The quantitative estimate of drug-likeness (QED) is 0.420. The standard InChI is InChI=1S/C7H10Cl6.2CH2O3/c1-2-3-4-5(8)6(9,10)7(11,12)13;2*2-1(3)4/h5H,2-4H2,1H3;2*(H2,2,3,4). The Labute approximate surface area is 151 Å². The van der Waals surface area contributed by atoms with E-state index in [0.717, 1.165) is 12.8 Å². The Morgan fingerprint density at radius 3 is 1.43 bits per heavy atom. The van der Waals surface area contributed by atoms with Crippen molar-refractivity contribution in [3.63, 3.8) is 0 Å². The summed E-state index contributed by atoms with van der Waals surface area (Å²) in [7, 11) is 0. The Morgan fingerprint density at radius 2 is 1.24 bits per heavy atom. The Hall–Kier alpha value is 0.280. The lowest BCUT2D eigenvalue weighted by atomic mass is 10.1. The Morgan fingerprint density at radius 1 is 0.952 bits per heavy atom. The van der Waals surface area contributed by atoms with Gasteiger partial charge in [0.2, 0.25) is 3.79 Å². The highest BCUT2D eigenvalue weighted by Gasteiger charge is 2.50. The van der Waals surface area contributed by atoms with Gasteiger partial charge in [-0.3, -0.25) is 0 Å². The fourth-order valence-electron chi connectivity index (χ4n) is 0.742. The topological polar surface area (TPSA) is 115 Å². The third kappa shape index (κ3) is 18.2. The number of halogens is 6. The molecule has 1 unspecified atom stereocenters. The Balaban J connectivity index is -0.000000334. The molecular formula is C9H14Cl6O6. The number of carbonyl (C=O) groups is 2. The summed E-state index contributed by atoms with van der Waals surface area (Å²) in [6, 6.07) is 0. The maximum absolute atomic E-state index is 8.56. The van der Waals surface area contributed by atoms with Crippen LogP contribution in [0.3, 0.4) is 0 Å². The highest BCUT2D eigenvalue weighted by molar-refractivity contribution is 6.76. The van der Waals surface area contributed by atoms with Gasteiger partial charge >= 0.3 is 12.3 Å². The minimum atomic E-state index is -1.83. The van der Waals surface area contributed by atoms with Crippen molar-refractivity contribution in [2.45, 2.75) is 39.7 Å². The van der Waals surface area contributed by atoms with Gasteiger partial charge in [0, 0.05) is 0 Å². The molecule has 128 valence electrons. The molecule has 0 fully saturated rings. The molecule has 0 aromatic carbocycles. The van der Waals surface area contributed by atoms with Gasteiger partial charge in [0.25, 0.3) is 0 Å². The average molecular weight is 431 g/mol. The van der Waals surface area contributed by atoms with Crippen molar-refractivity contribution in [1.29, 1.82) is 0 Å². The second kappa shape index (κ2) is 12.8. The maximum atomic E-state index is 8.56. The van der Waals surface area contributed by atoms with Crippen LogP contribution in [0.4, 0.5) is 9.59 Å². The summed E-state index contributed by atoms with van der Waals surface area (Å²) in [6.07, 6.45) is -1.15. The van der Waals surface area contributed by atoms with Crippen LogP contribution in [0, 0.1) is 0 Å². The molecule has 0 saturated heterocycles. The molecule has 0 rings (SSSR count). The number of alkyl halides is 6. The Bertz CT molecular complexity index is 286. The lowest BCUT2D eigenvalue weighted by Gasteiger charge is -2.31. The predicted octanol–water partition coefficient (Wildman–Crippen LogP) is 5.77. The molecule has 0 amide bonds. The van der Waals surface area contributed by atoms with Crippen molar-refractivity contribution in [3.8, 4) is 0 Å². The minimum absolute atomic E-state index is 0.566. The van der Waals surface area contributed by atoms with Gasteiger partial charge in [-0.1, -0.05) is 77.8 Å². The molecule has 0 radical (unpaired) electrons. The van der Waals surface area contributed by atoms with Crippen molar-refractivity contribution in [1.82, 2.24) is 0 Å². The van der Waals surface area contributed by atoms with Gasteiger partial charge < -0.3 is 20.4 Å². The van der Waals surface area contributed by atoms with Gasteiger partial charge in [0.05, 0.1) is 5.38 Å². The fraction of sp³-hybridized carbons (Fsp3) is 0.778. The van der Waals surface area contributed by atoms with Crippen molar-refractivity contribution < 1.29 is 30.0 Å². The van der Waals surface area contributed by atoms with Crippen LogP contribution in [0.5, 0.6) is 0 Å². The number of rotatable bonds is 4. The maximum Gasteiger partial charge on any atom is 0.503 e. The number of hydrogen-bond donors (Lipinski definition) is 4. The lowest BCUT2D eigenvalue weighted by Crippen LogP contribution is -2.40. The summed E-state index contributed by atoms with van der Waals surface area (Å²) in [5.74, 6) is 0. The van der Waals surface area contributed by atoms with Crippen molar-refractivity contribution in [2.24, 2.45) is 0 Å². The monoisotopic (exact) mass is 428 g/mol. The molecule has 0 heterocycles. The second-order valence-corrected chi connectivity index (χ2v) is 7.49. The first-order valence-corrected chi connectivity index (χ1v) is 7.45. The minimum Gasteiger partial charge on any atom is -0.450 e. The van der Waals surface area contributed by atoms with Crippen LogP contribution in [-0.2, 0) is 0 Å². The first kappa shape index (κ1) is 26.2. The van der Waals surface area contributed by atoms with E-state index in [9.17, 15) is 0 Å². The zero-order valence-electron chi connectivity index (χ0n) is 10.6. The third-order valence-corrected chi connectivity index (χ3v) is 4.92. The van der Waals surface area contributed by atoms with Crippen molar-refractivity contribution >= 4 is 81.9 Å². The molecule has 0 aromatic heterocycles. The van der Waals surface area contributed by atoms with E-state index in [1.54, 1.807) is 0 Å². The van der Waals surface area contributed by atoms with E-state index in [-0.39, 0.29) is 0 Å². The summed E-state index contributed by atoms with van der Waals surface area (Å²) in [5.41, 5.74) is 0. The van der Waals surface area contributed by atoms with Crippen LogP contribution in [0.1, 0.15) is 26.2 Å². The lowest BCUT2D eigenvalue weighted by molar-refractivity contribution is 0.135. The SMILES string of the molecule is CCCCC(Cl)C(Cl)(Cl)C(Cl)(Cl)Cl.O=C(O)O.O=C(O)O. The van der Waals surface area contributed by atoms with Gasteiger partial charge in [-0.15, -0.1) is 11.6 Å². The molecule has 21 heavy (non-hydrogen) atoms. The molecule has 6 nitrogen and oxygen atoms in total. The molecule has 0 bridgehead atoms. The molecule has 0 aliphatic heterocycles. The fourth-order valence-corrected chi connectivity index (χ4v) is 1.84. The summed E-state index contributed by atoms with van der Waals surface area (Å²) in [6.45, 7) is 2.03. The van der Waals surface area contributed by atoms with E-state index >= 15 is 0 Å². The van der Waals surface area contributed by atoms with Gasteiger partial charge in [-0.05, 0) is 6.42 Å². The summed E-state index contributed by atoms with van der Waals surface area (Å²) < 4.78 is -3.31. The zero-order valence-corrected chi connectivity index (χ0v) is 15.1. The van der Waals surface area contributed by atoms with E-state index in [4.69, 9.17) is 99.6 Å². The van der Waals surface area contributed by atoms with Crippen LogP contribution in [0.25, 0.3) is 0 Å². The first-order valence-electron chi connectivity index (χ1n) is 5.12. The smallest absolute Gasteiger partial charge is 0.450 e. The highest BCUT2D eigenvalue weighted by Crippen LogP contribution is 2.50. The highest BCUT2D eigenvalue weighted by atomic mass is 35.6. The molecular weight excluding hydrogens is 417 g/mol. The van der Waals surface area contributed by atoms with Gasteiger partial charge in [-0.2, -0.15) is 0 Å². The number of hydrogen-bond acceptors (Lipinski definition) is 2.